The highest BCUT2D eigenvalue weighted by molar-refractivity contribution is 7.13. The number of nitrogens with zero attached hydrogens (tertiary/aromatic N) is 4. The Bertz CT molecular complexity index is 3040. The molecule has 0 bridgehead atoms. The van der Waals surface area contributed by atoms with Crippen molar-refractivity contribution in [3.63, 3.8) is 0 Å². The molecule has 2 fully saturated rings. The van der Waals surface area contributed by atoms with Crippen molar-refractivity contribution in [1.29, 1.82) is 0 Å². The number of benzene rings is 3. The second-order valence-corrected chi connectivity index (χ2v) is 21.8. The molecule has 2 saturated heterocycles. The first kappa shape index (κ1) is 59.6. The minimum atomic E-state index is -5.01. The highest BCUT2D eigenvalue weighted by atomic mass is 32.1. The van der Waals surface area contributed by atoms with Crippen molar-refractivity contribution in [2.45, 2.75) is 97.4 Å². The molecule has 18 nitrogen and oxygen atoms in total. The average Bonchev–Trinajstić information content (AvgIpc) is 4.08. The maximum atomic E-state index is 15.6. The summed E-state index contributed by atoms with van der Waals surface area (Å²) in [7, 11) is 1.98. The summed E-state index contributed by atoms with van der Waals surface area (Å²) in [6.07, 6.45) is -5.27. The first-order valence-corrected chi connectivity index (χ1v) is 26.8. The lowest BCUT2D eigenvalue weighted by molar-refractivity contribution is -0.144. The van der Waals surface area contributed by atoms with Crippen LogP contribution in [0.1, 0.15) is 85.0 Å². The largest absolute Gasteiger partial charge is 0.417 e. The molecule has 79 heavy (non-hydrogen) atoms. The molecule has 5 aromatic rings. The normalized spacial score (nSPS) is 18.3. The van der Waals surface area contributed by atoms with Gasteiger partial charge in [0.1, 0.15) is 17.9 Å². The number of alkyl halides is 3. The fourth-order valence-corrected chi connectivity index (χ4v) is 10.3. The number of aromatic amines is 1. The van der Waals surface area contributed by atoms with E-state index < -0.39 is 81.8 Å². The molecule has 1 unspecified atom stereocenters. The third-order valence-electron chi connectivity index (χ3n) is 14.0. The van der Waals surface area contributed by atoms with Crippen molar-refractivity contribution >= 4 is 52.2 Å². The molecule has 2 aliphatic heterocycles. The third kappa shape index (κ3) is 15.2. The molecule has 4 heterocycles. The Morgan fingerprint density at radius 3 is 2.22 bits per heavy atom. The Kier molecular flexibility index (Phi) is 19.5. The molecule has 7 rings (SSSR count). The van der Waals surface area contributed by atoms with E-state index in [1.54, 1.807) is 49.8 Å². The maximum absolute atomic E-state index is 15.6. The number of hydrogen-bond acceptors (Lipinski definition) is 13. The lowest BCUT2D eigenvalue weighted by atomic mass is 9.85. The van der Waals surface area contributed by atoms with Crippen LogP contribution in [0.2, 0.25) is 0 Å². The Hall–Kier alpha value is -7.05. The number of hydrogen-bond donors (Lipinski definition) is 6. The average molecular weight is 1120 g/mol. The zero-order valence-electron chi connectivity index (χ0n) is 45.1. The van der Waals surface area contributed by atoms with Crippen molar-refractivity contribution in [2.24, 2.45) is 5.41 Å². The van der Waals surface area contributed by atoms with Crippen LogP contribution < -0.4 is 31.7 Å². The molecule has 0 radical (unpaired) electrons. The summed E-state index contributed by atoms with van der Waals surface area (Å²) in [6.45, 7) is 12.9. The van der Waals surface area contributed by atoms with E-state index in [1.807, 2.05) is 57.0 Å². The number of likely N-dealkylation sites (tertiary alicyclic amines) is 1. The fraction of sp³-hybridized carbons (Fsp3) is 0.446. The van der Waals surface area contributed by atoms with Crippen molar-refractivity contribution in [3.05, 3.63) is 123 Å². The van der Waals surface area contributed by atoms with Crippen molar-refractivity contribution in [1.82, 2.24) is 35.7 Å². The number of aliphatic hydroxyl groups is 1. The lowest BCUT2D eigenvalue weighted by Crippen LogP contribution is -2.57. The van der Waals surface area contributed by atoms with E-state index in [4.69, 9.17) is 9.47 Å². The molecule has 2 aromatic heterocycles. The minimum Gasteiger partial charge on any atom is -0.391 e. The number of aromatic nitrogens is 2. The topological polar surface area (TPSA) is 228 Å². The number of amides is 5. The van der Waals surface area contributed by atoms with Gasteiger partial charge in [-0.3, -0.25) is 33.7 Å². The summed E-state index contributed by atoms with van der Waals surface area (Å²) in [5, 5.41) is 21.6. The predicted molar refractivity (Wildman–Crippen MR) is 291 cm³/mol. The van der Waals surface area contributed by atoms with Crippen LogP contribution in [0.5, 0.6) is 0 Å². The number of piperazine rings is 1. The molecule has 23 heteroatoms. The first-order chi connectivity index (χ1) is 37.4. The SMILES string of the molecule is Cc1ncsc1-c1ccc(CNC(=O)[C@@H]2C[C@@H](O)CN2C(=O)C(NC(=O)CCOCCOCCNC(=O)c2ccc(F)c(-c3ccc(N4C[C@@H](C)N(C)[C@@H](C)C4)c(NC(=O)c4c[nH]c(=O)cc4C(F)(F)F)c3)c2)C(C)(C)C)cc1. The molecule has 0 aliphatic carbocycles. The Morgan fingerprint density at radius 1 is 0.873 bits per heavy atom. The van der Waals surface area contributed by atoms with Crippen LogP contribution in [0.15, 0.2) is 83.2 Å². The zero-order valence-corrected chi connectivity index (χ0v) is 45.9. The number of anilines is 2. The molecule has 3 aromatic carbocycles. The summed E-state index contributed by atoms with van der Waals surface area (Å²) in [5.74, 6) is -3.77. The smallest absolute Gasteiger partial charge is 0.391 e. The van der Waals surface area contributed by atoms with Crippen LogP contribution in [0.3, 0.4) is 0 Å². The Balaban J connectivity index is 0.872. The summed E-state index contributed by atoms with van der Waals surface area (Å²) in [4.78, 5) is 92.3. The molecular formula is C56H67F4N9O9S. The highest BCUT2D eigenvalue weighted by Crippen LogP contribution is 2.37. The van der Waals surface area contributed by atoms with E-state index in [0.717, 1.165) is 27.8 Å². The highest BCUT2D eigenvalue weighted by Gasteiger charge is 2.44. The van der Waals surface area contributed by atoms with Gasteiger partial charge in [0.15, 0.2) is 0 Å². The van der Waals surface area contributed by atoms with Crippen LogP contribution in [0.4, 0.5) is 28.9 Å². The van der Waals surface area contributed by atoms with Gasteiger partial charge in [-0.2, -0.15) is 13.2 Å². The first-order valence-electron chi connectivity index (χ1n) is 25.9. The second-order valence-electron chi connectivity index (χ2n) is 20.9. The number of carbonyl (C=O) groups is 5. The van der Waals surface area contributed by atoms with Gasteiger partial charge in [0.05, 0.1) is 71.1 Å². The summed E-state index contributed by atoms with van der Waals surface area (Å²) >= 11 is 1.55. The number of aryl methyl sites for hydroxylation is 1. The summed E-state index contributed by atoms with van der Waals surface area (Å²) in [6, 6.07) is 14.6. The second kappa shape index (κ2) is 25.8. The Morgan fingerprint density at radius 2 is 1.56 bits per heavy atom. The minimum absolute atomic E-state index is 0.00105. The molecule has 0 spiro atoms. The van der Waals surface area contributed by atoms with Crippen LogP contribution in [-0.4, -0.2) is 144 Å². The lowest BCUT2D eigenvalue weighted by Gasteiger charge is -2.44. The van der Waals surface area contributed by atoms with Gasteiger partial charge in [-0.05, 0) is 80.3 Å². The van der Waals surface area contributed by atoms with Crippen molar-refractivity contribution in [3.8, 4) is 21.6 Å². The number of ether oxygens (including phenoxy) is 2. The van der Waals surface area contributed by atoms with Crippen LogP contribution in [0.25, 0.3) is 21.6 Å². The Labute approximate surface area is 459 Å². The number of nitrogens with one attached hydrogen (secondary N) is 5. The maximum Gasteiger partial charge on any atom is 0.417 e. The van der Waals surface area contributed by atoms with Gasteiger partial charge in [0, 0.05) is 81.0 Å². The van der Waals surface area contributed by atoms with E-state index in [1.165, 1.54) is 23.1 Å². The van der Waals surface area contributed by atoms with E-state index in [-0.39, 0.29) is 93.4 Å². The number of halogens is 4. The number of carbonyl (C=O) groups excluding carboxylic acids is 5. The van der Waals surface area contributed by atoms with Gasteiger partial charge >= 0.3 is 6.18 Å². The van der Waals surface area contributed by atoms with Crippen molar-refractivity contribution in [2.75, 3.05) is 69.9 Å². The number of rotatable bonds is 20. The number of likely N-dealkylation sites (N-methyl/N-ethyl adjacent to an activating group) is 1. The number of aliphatic hydroxyl groups excluding tert-OH is 1. The third-order valence-corrected chi connectivity index (χ3v) is 15.0. The molecule has 5 amide bonds. The standard InChI is InChI=1S/C56H67F4N9O9S/c1-32-28-68(29-33(2)67(32)7)45-15-13-37(23-44(45)65-52(74)41-27-62-48(72)25-42(41)56(58,59)60)40-22-38(12-14-43(40)57)51(73)61-17-19-78-21-20-77-18-16-47(71)66-50(55(4,5)6)54(76)69-30-39(70)24-46(69)53(75)63-26-35-8-10-36(11-9-35)49-34(3)64-31-79-49/h8-15,22-23,25,27,31-33,39,46,50,70H,16-21,24,26,28-30H2,1-7H3,(H,61,73)(H,62,72)(H,63,75)(H,65,74)(H,66,71)/t32-,33+,39-,46+,50?/m1/s1. The van der Waals surface area contributed by atoms with Crippen LogP contribution in [0, 0.1) is 18.2 Å². The molecule has 6 N–H and O–H groups in total. The molecule has 2 aliphatic rings. The number of thiazole rings is 1. The van der Waals surface area contributed by atoms with E-state index in [2.05, 4.69) is 36.1 Å². The van der Waals surface area contributed by atoms with Crippen LogP contribution >= 0.6 is 11.3 Å². The van der Waals surface area contributed by atoms with E-state index in [0.29, 0.717) is 31.0 Å². The quantitative estimate of drug-likeness (QED) is 0.0369. The van der Waals surface area contributed by atoms with Crippen molar-refractivity contribution < 1.29 is 56.1 Å². The number of pyridine rings is 1. The number of β-amino-alcohol motifs (C(OH)–C–C–N with tert-alkyl or cyclic N) is 1. The van der Waals surface area contributed by atoms with Gasteiger partial charge < -0.3 is 50.6 Å². The number of H-pyrrole nitrogens is 1. The fourth-order valence-electron chi connectivity index (χ4n) is 9.49. The van der Waals surface area contributed by atoms with Gasteiger partial charge in [-0.25, -0.2) is 9.37 Å². The van der Waals surface area contributed by atoms with Gasteiger partial charge in [-0.15, -0.1) is 11.3 Å². The van der Waals surface area contributed by atoms with Gasteiger partial charge in [-0.1, -0.05) is 51.1 Å². The summed E-state index contributed by atoms with van der Waals surface area (Å²) < 4.78 is 68.7. The van der Waals surface area contributed by atoms with Gasteiger partial charge in [0.25, 0.3) is 11.8 Å². The monoisotopic (exact) mass is 1120 g/mol. The molecule has 5 atom stereocenters. The molecule has 424 valence electrons. The van der Waals surface area contributed by atoms with Crippen LogP contribution in [-0.2, 0) is 36.6 Å². The molecular weight excluding hydrogens is 1050 g/mol. The predicted octanol–water partition coefficient (Wildman–Crippen LogP) is 6.38. The van der Waals surface area contributed by atoms with E-state index >= 15 is 4.39 Å². The molecule has 0 saturated carbocycles. The summed E-state index contributed by atoms with van der Waals surface area (Å²) in [5.41, 5.74) is 1.42. The van der Waals surface area contributed by atoms with Gasteiger partial charge in [0.2, 0.25) is 23.3 Å². The zero-order chi connectivity index (χ0) is 57.3. The van der Waals surface area contributed by atoms with E-state index in [9.17, 15) is 47.0 Å².